The Balaban J connectivity index is 1.83. The number of methoxy groups -OCH3 is 1. The molecule has 4 N–H and O–H groups in total. The number of carbonyl (C=O) groups excluding carboxylic acids is 1. The van der Waals surface area contributed by atoms with Crippen molar-refractivity contribution in [1.29, 1.82) is 0 Å². The van der Waals surface area contributed by atoms with Gasteiger partial charge in [-0.25, -0.2) is 9.37 Å². The van der Waals surface area contributed by atoms with Crippen molar-refractivity contribution < 1.29 is 19.0 Å². The van der Waals surface area contributed by atoms with E-state index in [-0.39, 0.29) is 18.3 Å². The Kier molecular flexibility index (Phi) is 8.13. The molecule has 0 atom stereocenters. The van der Waals surface area contributed by atoms with E-state index in [0.717, 1.165) is 5.56 Å². The molecule has 0 aliphatic heterocycles. The zero-order chi connectivity index (χ0) is 22.9. The van der Waals surface area contributed by atoms with Gasteiger partial charge in [0, 0.05) is 37.1 Å². The number of aliphatic hydroxyl groups excluding tert-OH is 1. The van der Waals surface area contributed by atoms with Crippen molar-refractivity contribution in [3.63, 3.8) is 0 Å². The molecule has 1 amide bonds. The Morgan fingerprint density at radius 3 is 2.62 bits per heavy atom. The van der Waals surface area contributed by atoms with Crippen LogP contribution in [0.4, 0.5) is 15.9 Å². The number of amides is 1. The average molecular weight is 439 g/mol. The van der Waals surface area contributed by atoms with Crippen LogP contribution in [0.5, 0.6) is 5.75 Å². The third-order valence-electron chi connectivity index (χ3n) is 4.99. The Morgan fingerprint density at radius 1 is 1.06 bits per heavy atom. The Hall–Kier alpha value is -3.49. The highest BCUT2D eigenvalue weighted by Gasteiger charge is 2.16. The van der Waals surface area contributed by atoms with Gasteiger partial charge in [-0.2, -0.15) is 0 Å². The zero-order valence-corrected chi connectivity index (χ0v) is 18.1. The Bertz CT molecular complexity index is 1070. The first kappa shape index (κ1) is 23.2. The van der Waals surface area contributed by atoms with Crippen LogP contribution in [0.25, 0.3) is 11.1 Å². The molecule has 1 aromatic heterocycles. The molecule has 0 aliphatic rings. The van der Waals surface area contributed by atoms with Gasteiger partial charge in [-0.3, -0.25) is 4.79 Å². The van der Waals surface area contributed by atoms with Gasteiger partial charge in [0.05, 0.1) is 19.3 Å². The lowest BCUT2D eigenvalue weighted by atomic mass is 9.98. The van der Waals surface area contributed by atoms with Crippen molar-refractivity contribution in [2.24, 2.45) is 0 Å². The van der Waals surface area contributed by atoms with Gasteiger partial charge in [0.1, 0.15) is 5.82 Å². The van der Waals surface area contributed by atoms with E-state index in [0.29, 0.717) is 47.8 Å². The number of rotatable bonds is 10. The van der Waals surface area contributed by atoms with Gasteiger partial charge in [0.25, 0.3) is 5.91 Å². The van der Waals surface area contributed by atoms with E-state index in [2.05, 4.69) is 20.9 Å². The van der Waals surface area contributed by atoms with Gasteiger partial charge >= 0.3 is 0 Å². The minimum Gasteiger partial charge on any atom is -0.494 e. The number of nitrogens with one attached hydrogen (secondary N) is 3. The molecule has 0 aliphatic carbocycles. The lowest BCUT2D eigenvalue weighted by molar-refractivity contribution is 0.0954. The first-order valence-electron chi connectivity index (χ1n) is 10.3. The second kappa shape index (κ2) is 11.2. The number of carbonyl (C=O) groups is 1. The highest BCUT2D eigenvalue weighted by atomic mass is 19.1. The molecule has 0 fully saturated rings. The molecule has 0 saturated carbocycles. The first-order valence-corrected chi connectivity index (χ1v) is 10.3. The molecular weight excluding hydrogens is 411 g/mol. The Labute approximate surface area is 186 Å². The molecule has 168 valence electrons. The number of aromatic nitrogens is 1. The molecule has 0 spiro atoms. The van der Waals surface area contributed by atoms with Crippen molar-refractivity contribution in [3.8, 4) is 16.9 Å². The maximum Gasteiger partial charge on any atom is 0.255 e. The first-order chi connectivity index (χ1) is 15.6. The standard InChI is InChI=1S/C24H27FN4O3/c1-16-17(18-7-4-10-21(32-2)22(18)25)6-3-9-20(16)29-23-19(8-5-11-27-23)24(31)28-13-12-26-14-15-30/h3-11,26,30H,12-15H2,1-2H3,(H,27,29)(H,28,31). The quantitative estimate of drug-likeness (QED) is 0.363. The predicted octanol–water partition coefficient (Wildman–Crippen LogP) is 3.26. The van der Waals surface area contributed by atoms with E-state index >= 15 is 0 Å². The second-order valence-corrected chi connectivity index (χ2v) is 7.05. The minimum absolute atomic E-state index is 0.0443. The van der Waals surface area contributed by atoms with E-state index in [1.54, 1.807) is 36.5 Å². The van der Waals surface area contributed by atoms with Gasteiger partial charge in [0.2, 0.25) is 0 Å². The van der Waals surface area contributed by atoms with Crippen LogP contribution in [-0.4, -0.2) is 49.3 Å². The molecule has 0 unspecified atom stereocenters. The summed E-state index contributed by atoms with van der Waals surface area (Å²) in [4.78, 5) is 17.0. The normalized spacial score (nSPS) is 10.6. The van der Waals surface area contributed by atoms with Crippen molar-refractivity contribution in [2.45, 2.75) is 6.92 Å². The highest BCUT2D eigenvalue weighted by Crippen LogP contribution is 2.34. The molecule has 2 aromatic carbocycles. The fourth-order valence-electron chi connectivity index (χ4n) is 3.32. The molecule has 0 bridgehead atoms. The van der Waals surface area contributed by atoms with Crippen molar-refractivity contribution in [3.05, 3.63) is 71.7 Å². The van der Waals surface area contributed by atoms with E-state index in [1.807, 2.05) is 25.1 Å². The SMILES string of the molecule is COc1cccc(-c2cccc(Nc3ncccc3C(=O)NCCNCCO)c2C)c1F. The van der Waals surface area contributed by atoms with Crippen LogP contribution in [0, 0.1) is 12.7 Å². The van der Waals surface area contributed by atoms with Crippen LogP contribution in [0.2, 0.25) is 0 Å². The van der Waals surface area contributed by atoms with Crippen molar-refractivity contribution >= 4 is 17.4 Å². The highest BCUT2D eigenvalue weighted by molar-refractivity contribution is 5.99. The topological polar surface area (TPSA) is 95.5 Å². The van der Waals surface area contributed by atoms with E-state index < -0.39 is 5.82 Å². The molecular formula is C24H27FN4O3. The summed E-state index contributed by atoms with van der Waals surface area (Å²) in [6.07, 6.45) is 1.60. The largest absolute Gasteiger partial charge is 0.494 e. The lowest BCUT2D eigenvalue weighted by Gasteiger charge is -2.16. The maximum atomic E-state index is 14.8. The van der Waals surface area contributed by atoms with Gasteiger partial charge < -0.3 is 25.8 Å². The van der Waals surface area contributed by atoms with Crippen LogP contribution in [-0.2, 0) is 0 Å². The average Bonchev–Trinajstić information content (AvgIpc) is 2.81. The molecule has 7 nitrogen and oxygen atoms in total. The third kappa shape index (κ3) is 5.40. The van der Waals surface area contributed by atoms with Crippen LogP contribution in [0.3, 0.4) is 0 Å². The van der Waals surface area contributed by atoms with E-state index in [9.17, 15) is 9.18 Å². The molecule has 32 heavy (non-hydrogen) atoms. The molecule has 0 saturated heterocycles. The summed E-state index contributed by atoms with van der Waals surface area (Å²) in [5.74, 6) is -0.112. The number of benzene rings is 2. The minimum atomic E-state index is -0.428. The van der Waals surface area contributed by atoms with Crippen LogP contribution in [0.15, 0.2) is 54.7 Å². The van der Waals surface area contributed by atoms with Crippen LogP contribution in [0.1, 0.15) is 15.9 Å². The number of hydrogen-bond acceptors (Lipinski definition) is 6. The maximum absolute atomic E-state index is 14.8. The third-order valence-corrected chi connectivity index (χ3v) is 4.99. The number of nitrogens with zero attached hydrogens (tertiary/aromatic N) is 1. The van der Waals surface area contributed by atoms with Gasteiger partial charge in [-0.05, 0) is 42.3 Å². The summed E-state index contributed by atoms with van der Waals surface area (Å²) in [6, 6.07) is 13.9. The van der Waals surface area contributed by atoms with Gasteiger partial charge in [-0.15, -0.1) is 0 Å². The fourth-order valence-corrected chi connectivity index (χ4v) is 3.32. The van der Waals surface area contributed by atoms with E-state index in [4.69, 9.17) is 9.84 Å². The van der Waals surface area contributed by atoms with E-state index in [1.165, 1.54) is 7.11 Å². The monoisotopic (exact) mass is 438 g/mol. The predicted molar refractivity (Wildman–Crippen MR) is 123 cm³/mol. The van der Waals surface area contributed by atoms with Crippen molar-refractivity contribution in [2.75, 3.05) is 38.7 Å². The number of hydrogen-bond donors (Lipinski definition) is 4. The Morgan fingerprint density at radius 2 is 1.84 bits per heavy atom. The number of aliphatic hydroxyl groups is 1. The summed E-state index contributed by atoms with van der Waals surface area (Å²) >= 11 is 0. The summed E-state index contributed by atoms with van der Waals surface area (Å²) < 4.78 is 19.9. The number of anilines is 2. The fraction of sp³-hybridized carbons (Fsp3) is 0.250. The second-order valence-electron chi connectivity index (χ2n) is 7.05. The van der Waals surface area contributed by atoms with Crippen LogP contribution >= 0.6 is 0 Å². The van der Waals surface area contributed by atoms with Gasteiger partial charge in [0.15, 0.2) is 11.6 Å². The van der Waals surface area contributed by atoms with Crippen molar-refractivity contribution in [1.82, 2.24) is 15.6 Å². The van der Waals surface area contributed by atoms with Gasteiger partial charge in [-0.1, -0.05) is 24.3 Å². The smallest absolute Gasteiger partial charge is 0.255 e. The molecule has 0 radical (unpaired) electrons. The molecule has 8 heteroatoms. The summed E-state index contributed by atoms with van der Waals surface area (Å²) in [6.45, 7) is 3.35. The lowest BCUT2D eigenvalue weighted by Crippen LogP contribution is -2.33. The molecule has 3 aromatic rings. The zero-order valence-electron chi connectivity index (χ0n) is 18.1. The van der Waals surface area contributed by atoms with Crippen LogP contribution < -0.4 is 20.7 Å². The number of ether oxygens (including phenoxy) is 1. The number of halogens is 1. The summed E-state index contributed by atoms with van der Waals surface area (Å²) in [5, 5.41) is 17.8. The summed E-state index contributed by atoms with van der Waals surface area (Å²) in [7, 11) is 1.43. The molecule has 3 rings (SSSR count). The molecule has 1 heterocycles. The number of pyridine rings is 1. The summed E-state index contributed by atoms with van der Waals surface area (Å²) in [5.41, 5.74) is 3.06.